The highest BCUT2D eigenvalue weighted by Gasteiger charge is 2.11. The summed E-state index contributed by atoms with van der Waals surface area (Å²) >= 11 is 3.41. The molecule has 0 spiro atoms. The van der Waals surface area contributed by atoms with Crippen molar-refractivity contribution in [1.29, 1.82) is 0 Å². The van der Waals surface area contributed by atoms with Crippen molar-refractivity contribution in [1.82, 2.24) is 4.98 Å². The molecule has 5 heteroatoms. The van der Waals surface area contributed by atoms with E-state index in [9.17, 15) is 0 Å². The Bertz CT molecular complexity index is 589. The van der Waals surface area contributed by atoms with Crippen molar-refractivity contribution < 1.29 is 9.47 Å². The number of halogens is 1. The van der Waals surface area contributed by atoms with Gasteiger partial charge in [0, 0.05) is 12.7 Å². The number of benzene rings is 1. The summed E-state index contributed by atoms with van der Waals surface area (Å²) in [6, 6.07) is 9.87. The molecule has 0 aliphatic carbocycles. The number of hydrogen-bond donors (Lipinski definition) is 1. The van der Waals surface area contributed by atoms with Gasteiger partial charge in [0.15, 0.2) is 11.5 Å². The van der Waals surface area contributed by atoms with Crippen LogP contribution in [0.4, 0.5) is 5.69 Å². The first-order valence-electron chi connectivity index (χ1n) is 6.06. The molecule has 0 bridgehead atoms. The molecule has 1 aromatic carbocycles. The van der Waals surface area contributed by atoms with E-state index in [-0.39, 0.29) is 0 Å². The summed E-state index contributed by atoms with van der Waals surface area (Å²) in [5, 5.41) is 3.33. The van der Waals surface area contributed by atoms with E-state index in [0.29, 0.717) is 19.8 Å². The number of hydrogen-bond acceptors (Lipinski definition) is 4. The van der Waals surface area contributed by atoms with Crippen LogP contribution in [0.25, 0.3) is 0 Å². The minimum Gasteiger partial charge on any atom is -0.486 e. The van der Waals surface area contributed by atoms with Crippen molar-refractivity contribution in [2.45, 2.75) is 6.54 Å². The number of pyridine rings is 1. The molecule has 1 aliphatic heterocycles. The van der Waals surface area contributed by atoms with Gasteiger partial charge in [0.2, 0.25) is 0 Å². The maximum atomic E-state index is 5.57. The fraction of sp³-hybridized carbons (Fsp3) is 0.214. The Morgan fingerprint density at radius 3 is 2.84 bits per heavy atom. The summed E-state index contributed by atoms with van der Waals surface area (Å²) in [4.78, 5) is 4.17. The Morgan fingerprint density at radius 2 is 2.00 bits per heavy atom. The molecule has 3 rings (SSSR count). The van der Waals surface area contributed by atoms with Gasteiger partial charge in [-0.3, -0.25) is 0 Å². The molecule has 0 saturated carbocycles. The number of anilines is 1. The maximum absolute atomic E-state index is 5.57. The minimum atomic E-state index is 0.609. The number of nitrogens with one attached hydrogen (secondary N) is 1. The average Bonchev–Trinajstić information content (AvgIpc) is 2.46. The third-order valence-electron chi connectivity index (χ3n) is 2.85. The number of nitrogens with zero attached hydrogens (tertiary/aromatic N) is 1. The lowest BCUT2D eigenvalue weighted by atomic mass is 10.2. The molecule has 4 nitrogen and oxygen atoms in total. The van der Waals surface area contributed by atoms with Crippen LogP contribution < -0.4 is 14.8 Å². The van der Waals surface area contributed by atoms with Crippen LogP contribution in [-0.2, 0) is 6.54 Å². The van der Waals surface area contributed by atoms with Gasteiger partial charge in [0.05, 0.1) is 5.69 Å². The van der Waals surface area contributed by atoms with E-state index in [1.54, 1.807) is 6.20 Å². The molecule has 0 saturated heterocycles. The highest BCUT2D eigenvalue weighted by molar-refractivity contribution is 9.10. The largest absolute Gasteiger partial charge is 0.486 e. The highest BCUT2D eigenvalue weighted by Crippen LogP contribution is 2.31. The van der Waals surface area contributed by atoms with Gasteiger partial charge in [0.1, 0.15) is 17.8 Å². The number of aromatic nitrogens is 1. The zero-order valence-electron chi connectivity index (χ0n) is 10.2. The van der Waals surface area contributed by atoms with Crippen molar-refractivity contribution in [3.63, 3.8) is 0 Å². The Labute approximate surface area is 119 Å². The van der Waals surface area contributed by atoms with Gasteiger partial charge in [-0.1, -0.05) is 6.07 Å². The SMILES string of the molecule is Brc1ncccc1NCc1ccc2c(c1)OCCO2. The predicted octanol–water partition coefficient (Wildman–Crippen LogP) is 3.23. The lowest BCUT2D eigenvalue weighted by molar-refractivity contribution is 0.171. The molecule has 0 amide bonds. The van der Waals surface area contributed by atoms with Gasteiger partial charge in [-0.2, -0.15) is 0 Å². The van der Waals surface area contributed by atoms with Gasteiger partial charge in [0.25, 0.3) is 0 Å². The number of fused-ring (bicyclic) bond motifs is 1. The molecule has 0 fully saturated rings. The average molecular weight is 321 g/mol. The second-order valence-corrected chi connectivity index (χ2v) is 4.92. The van der Waals surface area contributed by atoms with Crippen LogP contribution in [0, 0.1) is 0 Å². The topological polar surface area (TPSA) is 43.4 Å². The molecule has 1 aliphatic rings. The molecule has 2 heterocycles. The smallest absolute Gasteiger partial charge is 0.161 e. The van der Waals surface area contributed by atoms with Gasteiger partial charge < -0.3 is 14.8 Å². The second kappa shape index (κ2) is 5.48. The van der Waals surface area contributed by atoms with E-state index in [1.165, 1.54) is 0 Å². The van der Waals surface area contributed by atoms with E-state index in [0.717, 1.165) is 27.4 Å². The molecule has 1 aromatic heterocycles. The van der Waals surface area contributed by atoms with Crippen LogP contribution >= 0.6 is 15.9 Å². The van der Waals surface area contributed by atoms with Gasteiger partial charge in [-0.15, -0.1) is 0 Å². The molecule has 1 N–H and O–H groups in total. The van der Waals surface area contributed by atoms with Crippen LogP contribution in [0.3, 0.4) is 0 Å². The first kappa shape index (κ1) is 12.3. The van der Waals surface area contributed by atoms with Crippen LogP contribution in [0.5, 0.6) is 11.5 Å². The lowest BCUT2D eigenvalue weighted by Crippen LogP contribution is -2.15. The van der Waals surface area contributed by atoms with Gasteiger partial charge in [-0.05, 0) is 45.8 Å². The van der Waals surface area contributed by atoms with Crippen LogP contribution in [0.15, 0.2) is 41.1 Å². The molecule has 0 radical (unpaired) electrons. The lowest BCUT2D eigenvalue weighted by Gasteiger charge is -2.19. The van der Waals surface area contributed by atoms with Gasteiger partial charge >= 0.3 is 0 Å². The fourth-order valence-corrected chi connectivity index (χ4v) is 2.30. The van der Waals surface area contributed by atoms with E-state index in [1.807, 2.05) is 30.3 Å². The third-order valence-corrected chi connectivity index (χ3v) is 3.48. The van der Waals surface area contributed by atoms with Crippen molar-refractivity contribution in [2.75, 3.05) is 18.5 Å². The quantitative estimate of drug-likeness (QED) is 0.882. The predicted molar refractivity (Wildman–Crippen MR) is 76.7 cm³/mol. The third kappa shape index (κ3) is 2.81. The number of ether oxygens (including phenoxy) is 2. The number of rotatable bonds is 3. The zero-order valence-corrected chi connectivity index (χ0v) is 11.8. The summed E-state index contributed by atoms with van der Waals surface area (Å²) in [5.41, 5.74) is 2.11. The van der Waals surface area contributed by atoms with Crippen molar-refractivity contribution in [3.8, 4) is 11.5 Å². The second-order valence-electron chi connectivity index (χ2n) is 4.17. The summed E-state index contributed by atoms with van der Waals surface area (Å²) in [5.74, 6) is 1.63. The minimum absolute atomic E-state index is 0.609. The Balaban J connectivity index is 1.72. The first-order chi connectivity index (χ1) is 9.33. The van der Waals surface area contributed by atoms with Gasteiger partial charge in [-0.25, -0.2) is 4.98 Å². The Hall–Kier alpha value is -1.75. The maximum Gasteiger partial charge on any atom is 0.161 e. The van der Waals surface area contributed by atoms with E-state index in [4.69, 9.17) is 9.47 Å². The fourth-order valence-electron chi connectivity index (χ4n) is 1.91. The van der Waals surface area contributed by atoms with Crippen LogP contribution in [0.2, 0.25) is 0 Å². The summed E-state index contributed by atoms with van der Waals surface area (Å²) in [7, 11) is 0. The standard InChI is InChI=1S/C14H13BrN2O2/c15-14-11(2-1-5-16-14)17-9-10-3-4-12-13(8-10)19-7-6-18-12/h1-5,8,17H,6-7,9H2. The van der Waals surface area contributed by atoms with E-state index in [2.05, 4.69) is 26.2 Å². The van der Waals surface area contributed by atoms with Crippen molar-refractivity contribution in [3.05, 3.63) is 46.7 Å². The summed E-state index contributed by atoms with van der Waals surface area (Å²) < 4.78 is 11.9. The van der Waals surface area contributed by atoms with E-state index >= 15 is 0 Å². The first-order valence-corrected chi connectivity index (χ1v) is 6.85. The summed E-state index contributed by atoms with van der Waals surface area (Å²) in [6.45, 7) is 1.94. The van der Waals surface area contributed by atoms with Crippen molar-refractivity contribution >= 4 is 21.6 Å². The Morgan fingerprint density at radius 1 is 1.16 bits per heavy atom. The molecule has 0 atom stereocenters. The van der Waals surface area contributed by atoms with Crippen LogP contribution in [-0.4, -0.2) is 18.2 Å². The summed E-state index contributed by atoms with van der Waals surface area (Å²) in [6.07, 6.45) is 1.75. The molecular formula is C14H13BrN2O2. The molecule has 0 unspecified atom stereocenters. The molecular weight excluding hydrogens is 308 g/mol. The van der Waals surface area contributed by atoms with E-state index < -0.39 is 0 Å². The van der Waals surface area contributed by atoms with Crippen LogP contribution in [0.1, 0.15) is 5.56 Å². The van der Waals surface area contributed by atoms with Crippen molar-refractivity contribution in [2.24, 2.45) is 0 Å². The monoisotopic (exact) mass is 320 g/mol. The molecule has 98 valence electrons. The normalized spacial score (nSPS) is 13.1. The molecule has 19 heavy (non-hydrogen) atoms. The Kier molecular flexibility index (Phi) is 3.55. The zero-order chi connectivity index (χ0) is 13.1. The highest BCUT2D eigenvalue weighted by atomic mass is 79.9. The molecule has 2 aromatic rings.